The van der Waals surface area contributed by atoms with Gasteiger partial charge in [0, 0.05) is 19.3 Å². The monoisotopic (exact) mass is 1380 g/mol. The molecule has 0 bridgehead atoms. The number of aromatic hydroxyl groups is 2. The van der Waals surface area contributed by atoms with Gasteiger partial charge in [0.15, 0.2) is 0 Å². The highest BCUT2D eigenvalue weighted by Crippen LogP contribution is 2.17. The summed E-state index contributed by atoms with van der Waals surface area (Å²) in [4.78, 5) is 187. The van der Waals surface area contributed by atoms with Gasteiger partial charge in [0.2, 0.25) is 65.0 Å². The fraction of sp³-hybridized carbons (Fsp3) is 0.500. The van der Waals surface area contributed by atoms with Gasteiger partial charge in [-0.3, -0.25) is 62.3 Å². The van der Waals surface area contributed by atoms with E-state index in [2.05, 4.69) is 58.5 Å². The zero-order valence-corrected chi connectivity index (χ0v) is 55.2. The van der Waals surface area contributed by atoms with Crippen LogP contribution < -0.4 is 64.2 Å². The number of amides is 11. The van der Waals surface area contributed by atoms with E-state index < -0.39 is 212 Å². The first-order valence-corrected chi connectivity index (χ1v) is 31.3. The SMILES string of the molecule is CC[C@H](C)[C@H](NC(=O)[C@H](CO)NC(=O)[C@H](Cc1ccc(O)cc1)NC(=O)[C@H](CC(=O)O)NC(=O)[C@H](CO)NC(=O)[C@@H](NC(=O)[C@H](Cc1ccccc1)NC(=O)[C@@H](NC(=O)CNC(=O)[C@H](CCC(=O)O)NC(=O)C(C)(C)NC(=O)[C@@H](N)Cc1ccc(O)cc1)[C@@H](C)O)[C@@H](C)CC)C(=O)O. The second kappa shape index (κ2) is 39.7. The summed E-state index contributed by atoms with van der Waals surface area (Å²) in [7, 11) is 0. The summed E-state index contributed by atoms with van der Waals surface area (Å²) >= 11 is 0. The van der Waals surface area contributed by atoms with Crippen LogP contribution in [0.25, 0.3) is 0 Å². The maximum atomic E-state index is 14.4. The predicted octanol–water partition coefficient (Wildman–Crippen LogP) is -4.29. The number of hydrogen-bond donors (Lipinski definition) is 20. The van der Waals surface area contributed by atoms with E-state index in [0.717, 1.165) is 6.92 Å². The number of hydrogen-bond acceptors (Lipinski definition) is 20. The average Bonchev–Trinajstić information content (AvgIpc) is 0.868. The molecule has 13 atom stereocenters. The van der Waals surface area contributed by atoms with Gasteiger partial charge < -0.3 is 105 Å². The largest absolute Gasteiger partial charge is 0.508 e. The van der Waals surface area contributed by atoms with Gasteiger partial charge in [-0.1, -0.05) is 95.1 Å². The van der Waals surface area contributed by atoms with Crippen molar-refractivity contribution < 1.29 is 108 Å². The van der Waals surface area contributed by atoms with Gasteiger partial charge in [-0.15, -0.1) is 0 Å². The van der Waals surface area contributed by atoms with E-state index >= 15 is 0 Å². The van der Waals surface area contributed by atoms with Crippen LogP contribution in [-0.2, 0) is 86.4 Å². The molecule has 538 valence electrons. The maximum Gasteiger partial charge on any atom is 0.326 e. The summed E-state index contributed by atoms with van der Waals surface area (Å²) in [6.45, 7) is 6.80. The topological polar surface area (TPSA) is 559 Å². The molecule has 0 radical (unpaired) electrons. The zero-order valence-electron chi connectivity index (χ0n) is 55.2. The Morgan fingerprint density at radius 3 is 1.37 bits per heavy atom. The van der Waals surface area contributed by atoms with Gasteiger partial charge in [-0.25, -0.2) is 4.79 Å². The molecule has 98 heavy (non-hydrogen) atoms. The lowest BCUT2D eigenvalue weighted by Crippen LogP contribution is -2.62. The Morgan fingerprint density at radius 1 is 0.459 bits per heavy atom. The Balaban J connectivity index is 1.82. The molecule has 34 heteroatoms. The molecule has 0 aliphatic rings. The molecule has 11 amide bonds. The average molecular weight is 1380 g/mol. The number of aliphatic carboxylic acids is 3. The van der Waals surface area contributed by atoms with E-state index in [4.69, 9.17) is 5.73 Å². The minimum Gasteiger partial charge on any atom is -0.508 e. The number of rotatable bonds is 41. The van der Waals surface area contributed by atoms with Crippen molar-refractivity contribution in [3.63, 3.8) is 0 Å². The smallest absolute Gasteiger partial charge is 0.326 e. The highest BCUT2D eigenvalue weighted by molar-refractivity contribution is 6.00. The van der Waals surface area contributed by atoms with Crippen molar-refractivity contribution in [3.05, 3.63) is 95.6 Å². The summed E-state index contributed by atoms with van der Waals surface area (Å²) in [5.74, 6) is -18.3. The normalized spacial score (nSPS) is 15.2. The second-order valence-electron chi connectivity index (χ2n) is 24.0. The summed E-state index contributed by atoms with van der Waals surface area (Å²) < 4.78 is 0. The van der Waals surface area contributed by atoms with Crippen LogP contribution in [0.3, 0.4) is 0 Å². The van der Waals surface area contributed by atoms with Gasteiger partial charge in [0.25, 0.3) is 0 Å². The third-order valence-corrected chi connectivity index (χ3v) is 15.6. The summed E-state index contributed by atoms with van der Waals surface area (Å²) in [5.41, 5.74) is 5.63. The molecule has 34 nitrogen and oxygen atoms in total. The molecule has 0 aliphatic heterocycles. The number of nitrogens with two attached hydrogens (primary N) is 1. The Bertz CT molecular complexity index is 3270. The zero-order chi connectivity index (χ0) is 73.7. The lowest BCUT2D eigenvalue weighted by atomic mass is 9.96. The Kier molecular flexibility index (Phi) is 33.1. The number of phenols is 2. The molecule has 0 saturated carbocycles. The molecule has 0 unspecified atom stereocenters. The number of aliphatic hydroxyl groups excluding tert-OH is 3. The molecule has 0 saturated heterocycles. The molecule has 21 N–H and O–H groups in total. The van der Waals surface area contributed by atoms with E-state index in [-0.39, 0.29) is 36.3 Å². The van der Waals surface area contributed by atoms with Crippen LogP contribution >= 0.6 is 0 Å². The number of benzene rings is 3. The number of carbonyl (C=O) groups is 14. The first-order valence-electron chi connectivity index (χ1n) is 31.3. The van der Waals surface area contributed by atoms with Crippen LogP contribution in [0, 0.1) is 11.8 Å². The lowest BCUT2D eigenvalue weighted by molar-refractivity contribution is -0.144. The molecule has 0 heterocycles. The van der Waals surface area contributed by atoms with Gasteiger partial charge in [0.05, 0.1) is 38.3 Å². The van der Waals surface area contributed by atoms with Crippen molar-refractivity contribution in [1.82, 2.24) is 58.5 Å². The van der Waals surface area contributed by atoms with Crippen LogP contribution in [0.15, 0.2) is 78.9 Å². The molecule has 3 aromatic rings. The quantitative estimate of drug-likeness (QED) is 0.0256. The summed E-state index contributed by atoms with van der Waals surface area (Å²) in [5, 5.41) is 105. The molecular weight excluding hydrogens is 1290 g/mol. The van der Waals surface area contributed by atoms with Crippen LogP contribution in [0.1, 0.15) is 97.3 Å². The number of nitrogens with one attached hydrogen (secondary N) is 11. The number of carboxylic acid groups (broad SMARTS) is 3. The fourth-order valence-corrected chi connectivity index (χ4v) is 9.37. The van der Waals surface area contributed by atoms with E-state index in [1.54, 1.807) is 44.2 Å². The lowest BCUT2D eigenvalue weighted by Gasteiger charge is -2.29. The van der Waals surface area contributed by atoms with Gasteiger partial charge >= 0.3 is 17.9 Å². The second-order valence-corrected chi connectivity index (χ2v) is 24.0. The molecule has 0 aliphatic carbocycles. The molecule has 0 fully saturated rings. The van der Waals surface area contributed by atoms with Crippen molar-refractivity contribution in [2.24, 2.45) is 17.6 Å². The number of carbonyl (C=O) groups excluding carboxylic acids is 11. The Morgan fingerprint density at radius 2 is 0.878 bits per heavy atom. The number of phenolic OH excluding ortho intramolecular Hbond substituents is 2. The predicted molar refractivity (Wildman–Crippen MR) is 346 cm³/mol. The first kappa shape index (κ1) is 81.9. The Hall–Kier alpha value is -10.3. The van der Waals surface area contributed by atoms with Gasteiger partial charge in [-0.05, 0) is 86.4 Å². The third kappa shape index (κ3) is 27.1. The summed E-state index contributed by atoms with van der Waals surface area (Å²) in [6.07, 6.45) is -4.29. The van der Waals surface area contributed by atoms with Crippen LogP contribution in [0.4, 0.5) is 0 Å². The number of carboxylic acids is 3. The highest BCUT2D eigenvalue weighted by atomic mass is 16.4. The van der Waals surface area contributed by atoms with Crippen molar-refractivity contribution in [2.45, 2.75) is 172 Å². The molecule has 0 spiro atoms. The molecule has 0 aromatic heterocycles. The van der Waals surface area contributed by atoms with Gasteiger partial charge in [0.1, 0.15) is 71.4 Å². The summed E-state index contributed by atoms with van der Waals surface area (Å²) in [6, 6.07) is 2.13. The van der Waals surface area contributed by atoms with Crippen LogP contribution in [0.5, 0.6) is 11.5 Å². The minimum absolute atomic E-state index is 0.0110. The first-order chi connectivity index (χ1) is 46.0. The van der Waals surface area contributed by atoms with Crippen molar-refractivity contribution in [3.8, 4) is 11.5 Å². The molecular formula is C64H90N12O22. The molecule has 3 aromatic carbocycles. The van der Waals surface area contributed by atoms with E-state index in [9.17, 15) is 108 Å². The molecule has 3 rings (SSSR count). The maximum absolute atomic E-state index is 14.4. The van der Waals surface area contributed by atoms with Gasteiger partial charge in [-0.2, -0.15) is 0 Å². The van der Waals surface area contributed by atoms with E-state index in [1.165, 1.54) is 76.2 Å². The third-order valence-electron chi connectivity index (χ3n) is 15.6. The van der Waals surface area contributed by atoms with Crippen molar-refractivity contribution in [2.75, 3.05) is 19.8 Å². The van der Waals surface area contributed by atoms with Crippen molar-refractivity contribution >= 4 is 82.9 Å². The van der Waals surface area contributed by atoms with Crippen molar-refractivity contribution in [1.29, 1.82) is 0 Å². The number of aliphatic hydroxyl groups is 3. The van der Waals surface area contributed by atoms with Crippen LogP contribution in [0.2, 0.25) is 0 Å². The fourth-order valence-electron chi connectivity index (χ4n) is 9.37. The standard InChI is InChI=1S/C64H90N12O22/c1-8-32(3)50(60(94)71-45(30-77)58(92)68-44(28-49(85)86)56(90)67-42(27-37-17-21-39(81)22-18-37)55(89)70-46(31-78)59(93)75-51(62(96)97)33(4)9-2)74-57(91)43(26-35-13-11-10-12-14-35)69-61(95)52(34(5)79)73-47(82)29-66-54(88)41(23-24-48(83)84)72-63(98)64(6,7)76-53(87)40(65)25-36-15-19-38(80)20-16-36/h10-22,32-34,40-46,50-52,77-81H,8-9,23-31,65H2,1-7H3,(H,66,88)(H,67,90)(H,68,92)(H,69,95)(H,70,89)(H,71,94)(H,72,98)(H,73,82)(H,74,91)(H,75,93)(H,76,87)(H,83,84)(H,85,86)(H,96,97)/t32-,33-,34+,40-,41-,42-,43-,44-,45-,46-,50-,51-,52-/m0/s1. The van der Waals surface area contributed by atoms with Crippen LogP contribution in [-0.4, -0.2) is 216 Å². The minimum atomic E-state index is -2.08. The van der Waals surface area contributed by atoms with E-state index in [1.807, 2.05) is 0 Å². The highest BCUT2D eigenvalue weighted by Gasteiger charge is 2.39. The Labute approximate surface area is 563 Å². The van der Waals surface area contributed by atoms with E-state index in [0.29, 0.717) is 17.5 Å².